The highest BCUT2D eigenvalue weighted by Gasteiger charge is 2.74. The summed E-state index contributed by atoms with van der Waals surface area (Å²) in [4.78, 5) is 15.7. The lowest BCUT2D eigenvalue weighted by Gasteiger charge is -2.52. The molecule has 13 heteroatoms. The molecule has 0 radical (unpaired) electrons. The quantitative estimate of drug-likeness (QED) is 0.241. The fourth-order valence-electron chi connectivity index (χ4n) is 8.20. The Bertz CT molecular complexity index is 1570. The number of halogens is 8. The number of alkyl halides is 8. The molecule has 4 aliphatic carbocycles. The minimum atomic E-state index is -6.32. The van der Waals surface area contributed by atoms with E-state index >= 15 is 4.39 Å². The molecule has 44 heavy (non-hydrogen) atoms. The summed E-state index contributed by atoms with van der Waals surface area (Å²) in [6.45, 7) is 2.24. The van der Waals surface area contributed by atoms with E-state index in [0.29, 0.717) is 37.0 Å². The molecule has 0 spiro atoms. The second-order valence-electron chi connectivity index (χ2n) is 13.3. The van der Waals surface area contributed by atoms with Crippen molar-refractivity contribution in [2.45, 2.75) is 97.9 Å². The second-order valence-corrected chi connectivity index (χ2v) is 15.7. The van der Waals surface area contributed by atoms with Crippen molar-refractivity contribution < 1.29 is 43.9 Å². The number of fused-ring (bicyclic) bond motifs is 6. The van der Waals surface area contributed by atoms with Crippen molar-refractivity contribution in [2.24, 2.45) is 10.8 Å². The minimum absolute atomic E-state index is 0.00738. The van der Waals surface area contributed by atoms with Crippen molar-refractivity contribution in [3.05, 3.63) is 64.7 Å². The summed E-state index contributed by atoms with van der Waals surface area (Å²) in [5.74, 6) is -0.107. The first kappa shape index (κ1) is 31.6. The number of carbonyl (C=O) groups is 1. The number of benzene rings is 2. The van der Waals surface area contributed by atoms with Crippen LogP contribution in [0.1, 0.15) is 74.1 Å². The van der Waals surface area contributed by atoms with Crippen LogP contribution in [0.4, 0.5) is 30.7 Å². The summed E-state index contributed by atoms with van der Waals surface area (Å²) >= 11 is 5.87. The van der Waals surface area contributed by atoms with Crippen molar-refractivity contribution in [3.63, 3.8) is 0 Å². The lowest BCUT2D eigenvalue weighted by molar-refractivity contribution is -0.348. The Balaban J connectivity index is 1.49. The zero-order chi connectivity index (χ0) is 32.1. The molecule has 2 aromatic carbocycles. The maximum atomic E-state index is 15.1. The Kier molecular flexibility index (Phi) is 7.07. The summed E-state index contributed by atoms with van der Waals surface area (Å²) in [7, 11) is -4.38. The molecule has 2 bridgehead atoms. The first-order chi connectivity index (χ1) is 20.4. The molecule has 2 aromatic rings. The Morgan fingerprint density at radius 3 is 1.98 bits per heavy atom. The fraction of sp³-hybridized carbons (Fsp3) is 0.581. The molecule has 1 saturated heterocycles. The summed E-state index contributed by atoms with van der Waals surface area (Å²) < 4.78 is 124. The van der Waals surface area contributed by atoms with Crippen LogP contribution in [0.3, 0.4) is 0 Å². The van der Waals surface area contributed by atoms with Gasteiger partial charge in [0.15, 0.2) is 9.84 Å². The molecule has 4 nitrogen and oxygen atoms in total. The van der Waals surface area contributed by atoms with Crippen LogP contribution in [0.15, 0.2) is 47.4 Å². The predicted molar refractivity (Wildman–Crippen MR) is 148 cm³/mol. The Morgan fingerprint density at radius 2 is 1.45 bits per heavy atom. The number of sulfone groups is 1. The first-order valence-electron chi connectivity index (χ1n) is 14.5. The number of rotatable bonds is 5. The van der Waals surface area contributed by atoms with Crippen molar-refractivity contribution in [1.29, 1.82) is 0 Å². The van der Waals surface area contributed by atoms with Crippen LogP contribution < -0.4 is 0 Å². The highest BCUT2D eigenvalue weighted by molar-refractivity contribution is 7.92. The van der Waals surface area contributed by atoms with Gasteiger partial charge in [0.1, 0.15) is 4.75 Å². The summed E-state index contributed by atoms with van der Waals surface area (Å²) in [5, 5.41) is 0. The third-order valence-electron chi connectivity index (χ3n) is 11.0. The molecular formula is C31H31ClF7NO3S. The molecule has 1 heterocycles. The van der Waals surface area contributed by atoms with E-state index < -0.39 is 49.6 Å². The number of hydrogen-bond acceptors (Lipinski definition) is 3. The van der Waals surface area contributed by atoms with Gasteiger partial charge in [-0.15, -0.1) is 11.6 Å². The van der Waals surface area contributed by atoms with Crippen LogP contribution >= 0.6 is 11.6 Å². The largest absolute Gasteiger partial charge is 0.435 e. The smallest absolute Gasteiger partial charge is 0.337 e. The lowest BCUT2D eigenvalue weighted by atomic mass is 9.54. The zero-order valence-corrected chi connectivity index (χ0v) is 25.4. The van der Waals surface area contributed by atoms with E-state index in [-0.39, 0.29) is 52.6 Å². The molecule has 2 unspecified atom stereocenters. The molecule has 7 rings (SSSR count). The fourth-order valence-corrected chi connectivity index (χ4v) is 10.7. The van der Waals surface area contributed by atoms with Gasteiger partial charge in [0.2, 0.25) is 5.91 Å². The van der Waals surface area contributed by atoms with E-state index in [1.165, 1.54) is 29.2 Å². The van der Waals surface area contributed by atoms with Gasteiger partial charge in [-0.2, -0.15) is 26.3 Å². The lowest BCUT2D eigenvalue weighted by Crippen LogP contribution is -2.54. The average molecular weight is 666 g/mol. The standard InChI is InChI=1S/C31H31ClF7NO3S/c1-26-8-11-27(12-9-26,13-10-26)25(41)40-15-14-28(44(42,43)22-5-2-19(18-32)3-6-22)23-7-4-21(16-20(23)17-24(28)40)29(33,30(34,35)36)31(37,38)39/h2-7,16,24H,8-15,17-18H2,1H3. The normalized spacial score (nSPS) is 30.4. The molecule has 0 aromatic heterocycles. The number of hydrogen-bond donors (Lipinski definition) is 0. The molecule has 240 valence electrons. The van der Waals surface area contributed by atoms with Crippen molar-refractivity contribution in [2.75, 3.05) is 6.54 Å². The van der Waals surface area contributed by atoms with Gasteiger partial charge in [0, 0.05) is 23.4 Å². The Hall–Kier alpha value is -2.34. The van der Waals surface area contributed by atoms with Crippen LogP contribution in [0.5, 0.6) is 0 Å². The molecule has 3 saturated carbocycles. The van der Waals surface area contributed by atoms with Gasteiger partial charge in [0.25, 0.3) is 0 Å². The van der Waals surface area contributed by atoms with E-state index in [1.54, 1.807) is 0 Å². The van der Waals surface area contributed by atoms with Gasteiger partial charge in [0.05, 0.1) is 10.9 Å². The zero-order valence-electron chi connectivity index (χ0n) is 23.8. The van der Waals surface area contributed by atoms with Crippen LogP contribution in [0, 0.1) is 10.8 Å². The summed E-state index contributed by atoms with van der Waals surface area (Å²) in [5.41, 5.74) is -7.41. The van der Waals surface area contributed by atoms with Crippen molar-refractivity contribution in [1.82, 2.24) is 4.90 Å². The van der Waals surface area contributed by atoms with Crippen molar-refractivity contribution >= 4 is 27.3 Å². The molecule has 0 N–H and O–H groups in total. The Morgan fingerprint density at radius 1 is 0.886 bits per heavy atom. The third kappa shape index (κ3) is 4.21. The third-order valence-corrected chi connectivity index (χ3v) is 13.9. The molecule has 4 fully saturated rings. The first-order valence-corrected chi connectivity index (χ1v) is 16.5. The maximum Gasteiger partial charge on any atom is 0.435 e. The van der Waals surface area contributed by atoms with Gasteiger partial charge in [-0.05, 0) is 85.6 Å². The predicted octanol–water partition coefficient (Wildman–Crippen LogP) is 7.90. The van der Waals surface area contributed by atoms with Gasteiger partial charge in [-0.25, -0.2) is 12.8 Å². The van der Waals surface area contributed by atoms with E-state index in [1.807, 2.05) is 0 Å². The average Bonchev–Trinajstić information content (AvgIpc) is 3.51. The van der Waals surface area contributed by atoms with E-state index in [2.05, 4.69) is 6.92 Å². The molecule has 1 aliphatic heterocycles. The summed E-state index contributed by atoms with van der Waals surface area (Å²) in [6, 6.07) is 6.40. The molecule has 5 aliphatic rings. The molecule has 1 amide bonds. The van der Waals surface area contributed by atoms with Gasteiger partial charge >= 0.3 is 18.0 Å². The SMILES string of the molecule is CC12CCC(C(=O)N3CCC4(S(=O)(=O)c5ccc(CCl)cc5)c5ccc(C(F)(C(F)(F)F)C(F)(F)F)cc5CC34)(CC1)CC2. The van der Waals surface area contributed by atoms with Gasteiger partial charge < -0.3 is 4.90 Å². The minimum Gasteiger partial charge on any atom is -0.337 e. The number of carbonyl (C=O) groups excluding carboxylic acids is 1. The highest BCUT2D eigenvalue weighted by atomic mass is 35.5. The monoisotopic (exact) mass is 665 g/mol. The van der Waals surface area contributed by atoms with Crippen LogP contribution in [-0.4, -0.2) is 44.2 Å². The number of amides is 1. The van der Waals surface area contributed by atoms with Gasteiger partial charge in [-0.1, -0.05) is 37.3 Å². The number of nitrogens with zero attached hydrogens (tertiary/aromatic N) is 1. The summed E-state index contributed by atoms with van der Waals surface area (Å²) in [6.07, 6.45) is -8.67. The van der Waals surface area contributed by atoms with E-state index in [4.69, 9.17) is 11.6 Å². The highest BCUT2D eigenvalue weighted by Crippen LogP contribution is 2.61. The maximum absolute atomic E-state index is 15.1. The van der Waals surface area contributed by atoms with Gasteiger partial charge in [-0.3, -0.25) is 4.79 Å². The van der Waals surface area contributed by atoms with Crippen LogP contribution in [0.2, 0.25) is 0 Å². The molecule has 2 atom stereocenters. The van der Waals surface area contributed by atoms with Crippen molar-refractivity contribution in [3.8, 4) is 0 Å². The van der Waals surface area contributed by atoms with E-state index in [0.717, 1.165) is 25.3 Å². The molecular weight excluding hydrogens is 635 g/mol. The van der Waals surface area contributed by atoms with E-state index in [9.17, 15) is 39.6 Å². The van der Waals surface area contributed by atoms with Crippen LogP contribution in [0.25, 0.3) is 0 Å². The number of likely N-dealkylation sites (tertiary alicyclic amines) is 1. The van der Waals surface area contributed by atoms with Crippen LogP contribution in [-0.2, 0) is 37.3 Å². The second kappa shape index (κ2) is 9.83. The topological polar surface area (TPSA) is 54.5 Å². The Labute approximate surface area is 255 Å².